The number of hydrogen-bond acceptors (Lipinski definition) is 4. The molecular formula is C22H30N4O2. The van der Waals surface area contributed by atoms with E-state index in [1.807, 2.05) is 29.4 Å². The van der Waals surface area contributed by atoms with Gasteiger partial charge in [0.15, 0.2) is 0 Å². The van der Waals surface area contributed by atoms with Crippen LogP contribution in [-0.4, -0.2) is 57.5 Å². The van der Waals surface area contributed by atoms with Crippen molar-refractivity contribution in [2.45, 2.75) is 58.5 Å². The SMILES string of the molecule is CCn1cc(C(=O)N2CCN(C3CCCCC3)CC2)c(=O)c2ccc(C)nc21. The van der Waals surface area contributed by atoms with Gasteiger partial charge in [0.2, 0.25) is 5.43 Å². The Balaban J connectivity index is 1.55. The van der Waals surface area contributed by atoms with E-state index < -0.39 is 0 Å². The van der Waals surface area contributed by atoms with Gasteiger partial charge in [0.25, 0.3) is 5.91 Å². The van der Waals surface area contributed by atoms with E-state index in [0.717, 1.165) is 18.8 Å². The molecule has 6 nitrogen and oxygen atoms in total. The van der Waals surface area contributed by atoms with Crippen molar-refractivity contribution in [3.05, 3.63) is 39.8 Å². The summed E-state index contributed by atoms with van der Waals surface area (Å²) in [6, 6.07) is 4.31. The number of amides is 1. The number of hydrogen-bond donors (Lipinski definition) is 0. The van der Waals surface area contributed by atoms with Crippen LogP contribution in [0.4, 0.5) is 0 Å². The van der Waals surface area contributed by atoms with Gasteiger partial charge in [0.1, 0.15) is 11.2 Å². The largest absolute Gasteiger partial charge is 0.336 e. The number of aromatic nitrogens is 2. The van der Waals surface area contributed by atoms with Crippen LogP contribution in [0, 0.1) is 6.92 Å². The Bertz CT molecular complexity index is 922. The van der Waals surface area contributed by atoms with Gasteiger partial charge in [-0.1, -0.05) is 19.3 Å². The molecule has 0 spiro atoms. The van der Waals surface area contributed by atoms with Crippen LogP contribution in [0.1, 0.15) is 55.1 Å². The second-order valence-corrected chi connectivity index (χ2v) is 8.10. The van der Waals surface area contributed by atoms with Crippen LogP contribution in [0.3, 0.4) is 0 Å². The topological polar surface area (TPSA) is 58.4 Å². The summed E-state index contributed by atoms with van der Waals surface area (Å²) >= 11 is 0. The van der Waals surface area contributed by atoms with E-state index in [0.29, 0.717) is 36.7 Å². The molecule has 1 aliphatic carbocycles. The zero-order chi connectivity index (χ0) is 19.7. The average Bonchev–Trinajstić information content (AvgIpc) is 2.74. The lowest BCUT2D eigenvalue weighted by Gasteiger charge is -2.40. The number of pyridine rings is 2. The molecule has 2 aromatic rings. The molecule has 4 rings (SSSR count). The maximum Gasteiger partial charge on any atom is 0.259 e. The van der Waals surface area contributed by atoms with Gasteiger partial charge >= 0.3 is 0 Å². The zero-order valence-electron chi connectivity index (χ0n) is 17.0. The van der Waals surface area contributed by atoms with Gasteiger partial charge in [-0.25, -0.2) is 4.98 Å². The molecule has 1 amide bonds. The molecule has 0 radical (unpaired) electrons. The molecule has 2 fully saturated rings. The highest BCUT2D eigenvalue weighted by molar-refractivity contribution is 5.97. The van der Waals surface area contributed by atoms with Gasteiger partial charge in [-0.05, 0) is 38.8 Å². The molecule has 3 heterocycles. The minimum absolute atomic E-state index is 0.141. The molecule has 0 atom stereocenters. The first-order valence-electron chi connectivity index (χ1n) is 10.6. The molecule has 0 N–H and O–H groups in total. The quantitative estimate of drug-likeness (QED) is 0.819. The van der Waals surface area contributed by atoms with Crippen molar-refractivity contribution in [2.24, 2.45) is 0 Å². The van der Waals surface area contributed by atoms with Gasteiger partial charge in [-0.2, -0.15) is 0 Å². The van der Waals surface area contributed by atoms with Crippen LogP contribution < -0.4 is 5.43 Å². The van der Waals surface area contributed by atoms with Crippen molar-refractivity contribution in [2.75, 3.05) is 26.2 Å². The maximum absolute atomic E-state index is 13.2. The number of aryl methyl sites for hydroxylation is 2. The van der Waals surface area contributed by atoms with Crippen molar-refractivity contribution in [1.29, 1.82) is 0 Å². The third-order valence-corrected chi connectivity index (χ3v) is 6.32. The van der Waals surface area contributed by atoms with Crippen LogP contribution >= 0.6 is 0 Å². The lowest BCUT2D eigenvalue weighted by atomic mass is 9.94. The molecule has 2 aromatic heterocycles. The molecule has 2 aliphatic rings. The van der Waals surface area contributed by atoms with Crippen molar-refractivity contribution >= 4 is 16.9 Å². The summed E-state index contributed by atoms with van der Waals surface area (Å²) < 4.78 is 1.91. The van der Waals surface area contributed by atoms with Crippen LogP contribution in [0.15, 0.2) is 23.1 Å². The fourth-order valence-corrected chi connectivity index (χ4v) is 4.66. The Labute approximate surface area is 166 Å². The first kappa shape index (κ1) is 19.1. The summed E-state index contributed by atoms with van der Waals surface area (Å²) in [4.78, 5) is 35.1. The fourth-order valence-electron chi connectivity index (χ4n) is 4.66. The van der Waals surface area contributed by atoms with E-state index in [1.54, 1.807) is 12.3 Å². The predicted octanol–water partition coefficient (Wildman–Crippen LogP) is 2.82. The first-order valence-corrected chi connectivity index (χ1v) is 10.6. The summed E-state index contributed by atoms with van der Waals surface area (Å²) in [5.41, 5.74) is 1.59. The molecule has 0 unspecified atom stereocenters. The molecular weight excluding hydrogens is 352 g/mol. The molecule has 28 heavy (non-hydrogen) atoms. The normalized spacial score (nSPS) is 19.3. The highest BCUT2D eigenvalue weighted by Crippen LogP contribution is 2.23. The third-order valence-electron chi connectivity index (χ3n) is 6.32. The van der Waals surface area contributed by atoms with Crippen LogP contribution in [0.25, 0.3) is 11.0 Å². The van der Waals surface area contributed by atoms with E-state index in [-0.39, 0.29) is 16.9 Å². The second-order valence-electron chi connectivity index (χ2n) is 8.10. The Kier molecular flexibility index (Phi) is 5.49. The monoisotopic (exact) mass is 382 g/mol. The van der Waals surface area contributed by atoms with E-state index in [4.69, 9.17) is 0 Å². The zero-order valence-corrected chi connectivity index (χ0v) is 17.0. The smallest absolute Gasteiger partial charge is 0.259 e. The molecule has 0 aromatic carbocycles. The molecule has 1 saturated heterocycles. The highest BCUT2D eigenvalue weighted by atomic mass is 16.2. The van der Waals surface area contributed by atoms with E-state index in [9.17, 15) is 9.59 Å². The predicted molar refractivity (Wildman–Crippen MR) is 111 cm³/mol. The van der Waals surface area contributed by atoms with Crippen molar-refractivity contribution in [1.82, 2.24) is 19.4 Å². The summed E-state index contributed by atoms with van der Waals surface area (Å²) in [6.45, 7) is 7.80. The summed E-state index contributed by atoms with van der Waals surface area (Å²) in [5.74, 6) is -0.141. The molecule has 150 valence electrons. The Morgan fingerprint density at radius 2 is 1.82 bits per heavy atom. The Morgan fingerprint density at radius 1 is 1.11 bits per heavy atom. The molecule has 1 saturated carbocycles. The molecule has 0 bridgehead atoms. The van der Waals surface area contributed by atoms with E-state index >= 15 is 0 Å². The standard InChI is InChI=1S/C22H30N4O2/c1-3-24-15-19(20(27)18-10-9-16(2)23-21(18)24)22(28)26-13-11-25(12-14-26)17-7-5-4-6-8-17/h9-10,15,17H,3-8,11-14H2,1-2H3. The van der Waals surface area contributed by atoms with Gasteiger partial charge in [0.05, 0.1) is 5.39 Å². The number of rotatable bonds is 3. The highest BCUT2D eigenvalue weighted by Gasteiger charge is 2.29. The second kappa shape index (κ2) is 8.03. The average molecular weight is 383 g/mol. The van der Waals surface area contributed by atoms with Crippen molar-refractivity contribution in [3.63, 3.8) is 0 Å². The van der Waals surface area contributed by atoms with Gasteiger partial charge in [-0.15, -0.1) is 0 Å². The van der Waals surface area contributed by atoms with Crippen molar-refractivity contribution < 1.29 is 4.79 Å². The maximum atomic E-state index is 13.2. The summed E-state index contributed by atoms with van der Waals surface area (Å²) in [7, 11) is 0. The van der Waals surface area contributed by atoms with Crippen LogP contribution in [0.2, 0.25) is 0 Å². The van der Waals surface area contributed by atoms with Crippen LogP contribution in [0.5, 0.6) is 0 Å². The van der Waals surface area contributed by atoms with Gasteiger partial charge in [-0.3, -0.25) is 14.5 Å². The minimum Gasteiger partial charge on any atom is -0.336 e. The van der Waals surface area contributed by atoms with Crippen molar-refractivity contribution in [3.8, 4) is 0 Å². The van der Waals surface area contributed by atoms with E-state index in [1.165, 1.54) is 32.1 Å². The minimum atomic E-state index is -0.202. The summed E-state index contributed by atoms with van der Waals surface area (Å²) in [5, 5.41) is 0.527. The fraction of sp³-hybridized carbons (Fsp3) is 0.591. The number of fused-ring (bicyclic) bond motifs is 1. The van der Waals surface area contributed by atoms with Gasteiger partial charge < -0.3 is 9.47 Å². The number of piperazine rings is 1. The van der Waals surface area contributed by atoms with Gasteiger partial charge in [0, 0.05) is 50.7 Å². The lowest BCUT2D eigenvalue weighted by molar-refractivity contribution is 0.0521. The number of carbonyl (C=O) groups is 1. The third kappa shape index (κ3) is 3.58. The van der Waals surface area contributed by atoms with E-state index in [2.05, 4.69) is 9.88 Å². The molecule has 6 heteroatoms. The molecule has 1 aliphatic heterocycles. The lowest BCUT2D eigenvalue weighted by Crippen LogP contribution is -2.52. The first-order chi connectivity index (χ1) is 13.6. The van der Waals surface area contributed by atoms with Crippen LogP contribution in [-0.2, 0) is 6.54 Å². The summed E-state index contributed by atoms with van der Waals surface area (Å²) in [6.07, 6.45) is 8.27. The number of carbonyl (C=O) groups excluding carboxylic acids is 1. The Hall–Kier alpha value is -2.21. The Morgan fingerprint density at radius 3 is 2.50 bits per heavy atom. The number of nitrogens with zero attached hydrogens (tertiary/aromatic N) is 4.